The first kappa shape index (κ1) is 15.2. The van der Waals surface area contributed by atoms with E-state index in [1.165, 1.54) is 6.07 Å². The van der Waals surface area contributed by atoms with Gasteiger partial charge in [-0.25, -0.2) is 0 Å². The van der Waals surface area contributed by atoms with Crippen molar-refractivity contribution in [2.45, 2.75) is 51.7 Å². The maximum atomic E-state index is 12.0. The highest BCUT2D eigenvalue weighted by atomic mass is 16.6. The van der Waals surface area contributed by atoms with E-state index in [1.54, 1.807) is 19.9 Å². The van der Waals surface area contributed by atoms with Crippen molar-refractivity contribution < 1.29 is 14.5 Å². The van der Waals surface area contributed by atoms with Crippen LogP contribution in [0.3, 0.4) is 0 Å². The van der Waals surface area contributed by atoms with Crippen molar-refractivity contribution >= 4 is 11.7 Å². The zero-order chi connectivity index (χ0) is 15.4. The summed E-state index contributed by atoms with van der Waals surface area (Å²) in [6, 6.07) is 3.28. The van der Waals surface area contributed by atoms with Crippen molar-refractivity contribution in [2.75, 3.05) is 0 Å². The summed E-state index contributed by atoms with van der Waals surface area (Å²) in [6.07, 6.45) is 3.39. The predicted molar refractivity (Wildman–Crippen MR) is 76.1 cm³/mol. The van der Waals surface area contributed by atoms with Crippen LogP contribution in [0.4, 0.5) is 5.82 Å². The van der Waals surface area contributed by atoms with E-state index in [0.29, 0.717) is 5.69 Å². The number of aromatic nitrogens is 1. The molecule has 114 valence electrons. The largest absolute Gasteiger partial charge is 0.473 e. The van der Waals surface area contributed by atoms with Gasteiger partial charge >= 0.3 is 5.82 Å². The summed E-state index contributed by atoms with van der Waals surface area (Å²) < 4.78 is 5.42. The molecule has 7 heteroatoms. The van der Waals surface area contributed by atoms with Crippen LogP contribution in [-0.2, 0) is 4.79 Å². The lowest BCUT2D eigenvalue weighted by Crippen LogP contribution is -2.41. The highest BCUT2D eigenvalue weighted by Crippen LogP contribution is 2.25. The second-order valence-electron chi connectivity index (χ2n) is 5.28. The zero-order valence-corrected chi connectivity index (χ0v) is 12.2. The van der Waals surface area contributed by atoms with E-state index in [0.717, 1.165) is 25.7 Å². The third-order valence-electron chi connectivity index (χ3n) is 3.53. The van der Waals surface area contributed by atoms with Gasteiger partial charge in [0.25, 0.3) is 5.91 Å². The fourth-order valence-corrected chi connectivity index (χ4v) is 2.39. The van der Waals surface area contributed by atoms with Crippen LogP contribution in [0.15, 0.2) is 12.1 Å². The first-order valence-electron chi connectivity index (χ1n) is 7.06. The number of nitrogens with zero attached hydrogens (tertiary/aromatic N) is 2. The van der Waals surface area contributed by atoms with Gasteiger partial charge < -0.3 is 20.2 Å². The molecule has 0 bridgehead atoms. The molecule has 0 saturated heterocycles. The molecule has 1 fully saturated rings. The number of hydrogen-bond donors (Lipinski definition) is 1. The molecular weight excluding hydrogens is 274 g/mol. The van der Waals surface area contributed by atoms with E-state index < -0.39 is 11.0 Å². The third kappa shape index (κ3) is 3.90. The van der Waals surface area contributed by atoms with Crippen LogP contribution in [0, 0.1) is 17.0 Å². The number of carbonyl (C=O) groups is 1. The molecule has 1 atom stereocenters. The number of hydrogen-bond acceptors (Lipinski definition) is 5. The van der Waals surface area contributed by atoms with Crippen LogP contribution in [0.5, 0.6) is 5.75 Å². The molecule has 0 unspecified atom stereocenters. The quantitative estimate of drug-likeness (QED) is 0.663. The monoisotopic (exact) mass is 293 g/mol. The molecule has 2 rings (SSSR count). The Morgan fingerprint density at radius 2 is 2.14 bits per heavy atom. The normalized spacial score (nSPS) is 16.5. The molecular formula is C14H19N3O4. The average Bonchev–Trinajstić information content (AvgIpc) is 2.93. The second kappa shape index (κ2) is 6.51. The third-order valence-corrected chi connectivity index (χ3v) is 3.53. The van der Waals surface area contributed by atoms with E-state index >= 15 is 0 Å². The lowest BCUT2D eigenvalue weighted by atomic mass is 10.2. The number of ether oxygens (including phenoxy) is 1. The molecule has 1 aromatic heterocycles. The number of nitrogens with one attached hydrogen (secondary N) is 1. The highest BCUT2D eigenvalue weighted by Gasteiger charge is 2.25. The van der Waals surface area contributed by atoms with E-state index in [2.05, 4.69) is 10.3 Å². The summed E-state index contributed by atoms with van der Waals surface area (Å²) in [5.41, 5.74) is 0.525. The van der Waals surface area contributed by atoms with Gasteiger partial charge in [0.15, 0.2) is 6.10 Å². The van der Waals surface area contributed by atoms with Gasteiger partial charge in [-0.15, -0.1) is 0 Å². The minimum atomic E-state index is -0.797. The molecule has 21 heavy (non-hydrogen) atoms. The number of aryl methyl sites for hydroxylation is 1. The van der Waals surface area contributed by atoms with Gasteiger partial charge in [0.2, 0.25) is 5.75 Å². The molecule has 1 N–H and O–H groups in total. The zero-order valence-electron chi connectivity index (χ0n) is 12.2. The average molecular weight is 293 g/mol. The molecule has 0 radical (unpaired) electrons. The molecule has 1 aromatic rings. The van der Waals surface area contributed by atoms with E-state index in [4.69, 9.17) is 4.74 Å². The number of rotatable bonds is 5. The van der Waals surface area contributed by atoms with Crippen LogP contribution < -0.4 is 10.1 Å². The maximum absolute atomic E-state index is 12.0. The van der Waals surface area contributed by atoms with Crippen LogP contribution in [-0.4, -0.2) is 28.0 Å². The summed E-state index contributed by atoms with van der Waals surface area (Å²) in [6.45, 7) is 3.24. The number of carbonyl (C=O) groups excluding carboxylic acids is 1. The fourth-order valence-electron chi connectivity index (χ4n) is 2.39. The van der Waals surface area contributed by atoms with E-state index in [1.807, 2.05) is 0 Å². The molecule has 7 nitrogen and oxygen atoms in total. The van der Waals surface area contributed by atoms with E-state index in [-0.39, 0.29) is 23.5 Å². The van der Waals surface area contributed by atoms with Crippen molar-refractivity contribution in [1.82, 2.24) is 10.3 Å². The van der Waals surface area contributed by atoms with Gasteiger partial charge in [-0.05, 0) is 41.8 Å². The summed E-state index contributed by atoms with van der Waals surface area (Å²) in [4.78, 5) is 26.2. The minimum absolute atomic E-state index is 0.0136. The Balaban J connectivity index is 2.03. The van der Waals surface area contributed by atoms with Crippen molar-refractivity contribution in [3.8, 4) is 5.75 Å². The lowest BCUT2D eigenvalue weighted by Gasteiger charge is -2.17. The predicted octanol–water partition coefficient (Wildman–Crippen LogP) is 2.12. The smallest absolute Gasteiger partial charge is 0.406 e. The van der Waals surface area contributed by atoms with Crippen LogP contribution in [0.2, 0.25) is 0 Å². The summed E-state index contributed by atoms with van der Waals surface area (Å²) in [7, 11) is 0. The number of pyridine rings is 1. The lowest BCUT2D eigenvalue weighted by molar-refractivity contribution is -0.390. The standard InChI is InChI=1S/C14H19N3O4/c1-9-7-8-12(13(15-9)17(19)20)21-10(2)14(18)16-11-5-3-4-6-11/h7-8,10-11H,3-6H2,1-2H3,(H,16,18)/t10-/m1/s1. The van der Waals surface area contributed by atoms with Gasteiger partial charge in [-0.3, -0.25) is 4.79 Å². The molecule has 0 aromatic carbocycles. The number of nitro groups is 1. The Morgan fingerprint density at radius 1 is 1.48 bits per heavy atom. The second-order valence-corrected chi connectivity index (χ2v) is 5.28. The summed E-state index contributed by atoms with van der Waals surface area (Å²) >= 11 is 0. The van der Waals surface area contributed by atoms with Gasteiger partial charge in [-0.1, -0.05) is 12.8 Å². The van der Waals surface area contributed by atoms with Crippen LogP contribution in [0.1, 0.15) is 38.3 Å². The Labute approximate surface area is 122 Å². The topological polar surface area (TPSA) is 94.4 Å². The summed E-state index contributed by atoms with van der Waals surface area (Å²) in [5, 5.41) is 13.9. The van der Waals surface area contributed by atoms with Crippen LogP contribution >= 0.6 is 0 Å². The van der Waals surface area contributed by atoms with Crippen molar-refractivity contribution in [3.63, 3.8) is 0 Å². The van der Waals surface area contributed by atoms with Gasteiger partial charge in [0.05, 0.1) is 0 Å². The maximum Gasteiger partial charge on any atom is 0.406 e. The summed E-state index contributed by atoms with van der Waals surface area (Å²) in [5.74, 6) is -0.605. The molecule has 1 aliphatic carbocycles. The van der Waals surface area contributed by atoms with Gasteiger partial charge in [-0.2, -0.15) is 0 Å². The van der Waals surface area contributed by atoms with Crippen LogP contribution in [0.25, 0.3) is 0 Å². The Bertz CT molecular complexity index is 541. The Kier molecular flexibility index (Phi) is 4.72. The van der Waals surface area contributed by atoms with Crippen molar-refractivity contribution in [1.29, 1.82) is 0 Å². The first-order chi connectivity index (χ1) is 9.97. The Morgan fingerprint density at radius 3 is 2.76 bits per heavy atom. The van der Waals surface area contributed by atoms with E-state index in [9.17, 15) is 14.9 Å². The van der Waals surface area contributed by atoms with Crippen molar-refractivity contribution in [3.05, 3.63) is 27.9 Å². The Hall–Kier alpha value is -2.18. The molecule has 1 amide bonds. The first-order valence-corrected chi connectivity index (χ1v) is 7.06. The fraction of sp³-hybridized carbons (Fsp3) is 0.571. The molecule has 0 aliphatic heterocycles. The SMILES string of the molecule is Cc1ccc(O[C@H](C)C(=O)NC2CCCC2)c([N+](=O)[O-])n1. The molecule has 1 aliphatic rings. The highest BCUT2D eigenvalue weighted by molar-refractivity contribution is 5.81. The number of amides is 1. The van der Waals surface area contributed by atoms with Gasteiger partial charge in [0.1, 0.15) is 5.69 Å². The van der Waals surface area contributed by atoms with Gasteiger partial charge in [0, 0.05) is 13.0 Å². The molecule has 1 heterocycles. The molecule has 0 spiro atoms. The molecule has 1 saturated carbocycles. The minimum Gasteiger partial charge on any atom is -0.473 e. The van der Waals surface area contributed by atoms with Crippen molar-refractivity contribution in [2.24, 2.45) is 0 Å².